The van der Waals surface area contributed by atoms with Crippen molar-refractivity contribution in [3.63, 3.8) is 0 Å². The number of halogens is 6. The lowest BCUT2D eigenvalue weighted by Gasteiger charge is -2.10. The Labute approximate surface area is 138 Å². The Balaban J connectivity index is 1.92. The standard InChI is InChI=1S/C14H8BF6O4/c16-9-5-7(22-13(18)19)1-3-11(9)24-15-25-12-4-2-8(6-10(12)17)23-14(20)21/h1-6,13-14H. The molecule has 2 aromatic carbocycles. The second-order valence-corrected chi connectivity index (χ2v) is 4.27. The van der Waals surface area contributed by atoms with E-state index in [9.17, 15) is 26.3 Å². The SMILES string of the molecule is Fc1cc(OC(F)F)ccc1O[B]Oc1ccc(OC(F)F)cc1F. The third-order valence-electron chi connectivity index (χ3n) is 2.61. The van der Waals surface area contributed by atoms with Gasteiger partial charge in [0, 0.05) is 12.1 Å². The van der Waals surface area contributed by atoms with Gasteiger partial charge in [0.2, 0.25) is 0 Å². The summed E-state index contributed by atoms with van der Waals surface area (Å²) in [6, 6.07) is 5.34. The van der Waals surface area contributed by atoms with Crippen molar-refractivity contribution < 1.29 is 45.1 Å². The van der Waals surface area contributed by atoms with Gasteiger partial charge in [0.05, 0.1) is 0 Å². The van der Waals surface area contributed by atoms with E-state index >= 15 is 0 Å². The summed E-state index contributed by atoms with van der Waals surface area (Å²) in [6.45, 7) is -6.22. The molecule has 1 radical (unpaired) electrons. The highest BCUT2D eigenvalue weighted by molar-refractivity contribution is 6.20. The molecule has 0 heterocycles. The minimum atomic E-state index is -3.11. The average molecular weight is 365 g/mol. The van der Waals surface area contributed by atoms with Gasteiger partial charge < -0.3 is 18.8 Å². The van der Waals surface area contributed by atoms with Crippen LogP contribution in [0.4, 0.5) is 26.3 Å². The molecule has 0 aliphatic carbocycles. The third-order valence-corrected chi connectivity index (χ3v) is 2.61. The van der Waals surface area contributed by atoms with Crippen molar-refractivity contribution in [3.8, 4) is 23.0 Å². The number of benzene rings is 2. The molecule has 133 valence electrons. The van der Waals surface area contributed by atoms with Crippen LogP contribution in [0.2, 0.25) is 0 Å². The highest BCUT2D eigenvalue weighted by Gasteiger charge is 2.13. The van der Waals surface area contributed by atoms with E-state index < -0.39 is 47.9 Å². The Morgan fingerprint density at radius 3 is 1.40 bits per heavy atom. The maximum Gasteiger partial charge on any atom is 0.658 e. The number of alkyl halides is 4. The topological polar surface area (TPSA) is 36.9 Å². The number of rotatable bonds is 8. The van der Waals surface area contributed by atoms with Gasteiger partial charge in [-0.05, 0) is 24.3 Å². The number of hydrogen-bond donors (Lipinski definition) is 0. The van der Waals surface area contributed by atoms with Crippen LogP contribution in [-0.4, -0.2) is 20.9 Å². The maximum absolute atomic E-state index is 13.6. The maximum atomic E-state index is 13.6. The third kappa shape index (κ3) is 5.69. The predicted molar refractivity (Wildman–Crippen MR) is 73.1 cm³/mol. The zero-order valence-corrected chi connectivity index (χ0v) is 12.1. The Morgan fingerprint density at radius 1 is 0.680 bits per heavy atom. The molecule has 0 saturated carbocycles. The fourth-order valence-corrected chi connectivity index (χ4v) is 1.63. The van der Waals surface area contributed by atoms with Gasteiger partial charge in [-0.25, -0.2) is 8.78 Å². The van der Waals surface area contributed by atoms with Crippen LogP contribution in [0.1, 0.15) is 0 Å². The van der Waals surface area contributed by atoms with Gasteiger partial charge >= 0.3 is 20.9 Å². The molecular formula is C14H8BF6O4. The summed E-state index contributed by atoms with van der Waals surface area (Å²) in [4.78, 5) is 0. The highest BCUT2D eigenvalue weighted by atomic mass is 19.3. The Hall–Kier alpha value is -2.72. The molecule has 0 fully saturated rings. The second kappa shape index (κ2) is 8.40. The molecule has 2 aromatic rings. The van der Waals surface area contributed by atoms with Crippen LogP contribution < -0.4 is 18.8 Å². The first-order chi connectivity index (χ1) is 11.8. The second-order valence-electron chi connectivity index (χ2n) is 4.27. The largest absolute Gasteiger partial charge is 0.658 e. The lowest BCUT2D eigenvalue weighted by atomic mass is 10.2. The van der Waals surface area contributed by atoms with Crippen molar-refractivity contribution in [2.75, 3.05) is 0 Å². The first-order valence-electron chi connectivity index (χ1n) is 6.49. The van der Waals surface area contributed by atoms with Crippen molar-refractivity contribution in [1.29, 1.82) is 0 Å². The molecule has 0 bridgehead atoms. The van der Waals surface area contributed by atoms with E-state index in [1.165, 1.54) is 0 Å². The van der Waals surface area contributed by atoms with E-state index in [1.807, 2.05) is 0 Å². The summed E-state index contributed by atoms with van der Waals surface area (Å²) in [5.41, 5.74) is 0. The fourth-order valence-electron chi connectivity index (χ4n) is 1.63. The van der Waals surface area contributed by atoms with Gasteiger partial charge in [-0.2, -0.15) is 17.6 Å². The summed E-state index contributed by atoms with van der Waals surface area (Å²) >= 11 is 0. The number of hydrogen-bond acceptors (Lipinski definition) is 4. The van der Waals surface area contributed by atoms with Crippen molar-refractivity contribution >= 4 is 7.69 Å². The monoisotopic (exact) mass is 365 g/mol. The van der Waals surface area contributed by atoms with Crippen LogP contribution in [0.5, 0.6) is 23.0 Å². The molecule has 25 heavy (non-hydrogen) atoms. The van der Waals surface area contributed by atoms with Gasteiger partial charge in [0.15, 0.2) is 11.6 Å². The van der Waals surface area contributed by atoms with Crippen LogP contribution in [0, 0.1) is 11.6 Å². The van der Waals surface area contributed by atoms with Crippen LogP contribution in [-0.2, 0) is 0 Å². The Morgan fingerprint density at radius 2 is 1.08 bits per heavy atom. The summed E-state index contributed by atoms with van der Waals surface area (Å²) in [6.07, 6.45) is 0. The van der Waals surface area contributed by atoms with Crippen molar-refractivity contribution in [3.05, 3.63) is 48.0 Å². The summed E-state index contributed by atoms with van der Waals surface area (Å²) in [5.74, 6) is -3.69. The van der Waals surface area contributed by atoms with E-state index in [4.69, 9.17) is 9.31 Å². The highest BCUT2D eigenvalue weighted by Crippen LogP contribution is 2.25. The fraction of sp³-hybridized carbons (Fsp3) is 0.143. The molecular weight excluding hydrogens is 357 g/mol. The molecule has 0 amide bonds. The molecule has 2 rings (SSSR count). The van der Waals surface area contributed by atoms with E-state index in [-0.39, 0.29) is 0 Å². The zero-order valence-electron chi connectivity index (χ0n) is 12.1. The summed E-state index contributed by atoms with van der Waals surface area (Å²) in [7, 11) is 0.568. The number of ether oxygens (including phenoxy) is 2. The Bertz CT molecular complexity index is 656. The van der Waals surface area contributed by atoms with E-state index in [2.05, 4.69) is 9.47 Å². The van der Waals surface area contributed by atoms with Crippen LogP contribution in [0.15, 0.2) is 36.4 Å². The van der Waals surface area contributed by atoms with Crippen molar-refractivity contribution in [2.45, 2.75) is 13.2 Å². The van der Waals surface area contributed by atoms with Crippen molar-refractivity contribution in [1.82, 2.24) is 0 Å². The molecule has 0 saturated heterocycles. The minimum absolute atomic E-state index is 0.403. The molecule has 0 N–H and O–H groups in total. The van der Waals surface area contributed by atoms with Crippen molar-refractivity contribution in [2.24, 2.45) is 0 Å². The molecule has 0 spiro atoms. The average Bonchev–Trinajstić information content (AvgIpc) is 2.50. The molecule has 0 aromatic heterocycles. The molecule has 0 aliphatic rings. The lowest BCUT2D eigenvalue weighted by Crippen LogP contribution is -2.13. The minimum Gasteiger partial charge on any atom is -0.524 e. The van der Waals surface area contributed by atoms with Gasteiger partial charge in [-0.3, -0.25) is 0 Å². The molecule has 0 unspecified atom stereocenters. The molecule has 11 heteroatoms. The van der Waals surface area contributed by atoms with E-state index in [1.54, 1.807) is 0 Å². The molecule has 0 aliphatic heterocycles. The van der Waals surface area contributed by atoms with Gasteiger partial charge in [0.1, 0.15) is 23.0 Å². The zero-order chi connectivity index (χ0) is 18.4. The first-order valence-corrected chi connectivity index (χ1v) is 6.49. The summed E-state index contributed by atoms with van der Waals surface area (Å²) in [5, 5.41) is 0. The Kier molecular flexibility index (Phi) is 6.26. The molecule has 0 atom stereocenters. The van der Waals surface area contributed by atoms with Crippen LogP contribution in [0.3, 0.4) is 0 Å². The van der Waals surface area contributed by atoms with E-state index in [0.29, 0.717) is 19.8 Å². The smallest absolute Gasteiger partial charge is 0.524 e. The normalized spacial score (nSPS) is 10.7. The lowest BCUT2D eigenvalue weighted by molar-refractivity contribution is -0.0507. The van der Waals surface area contributed by atoms with Gasteiger partial charge in [-0.1, -0.05) is 0 Å². The molecule has 4 nitrogen and oxygen atoms in total. The van der Waals surface area contributed by atoms with Gasteiger partial charge in [-0.15, -0.1) is 0 Å². The summed E-state index contributed by atoms with van der Waals surface area (Å²) < 4.78 is 92.7. The van der Waals surface area contributed by atoms with Crippen LogP contribution >= 0.6 is 0 Å². The predicted octanol–water partition coefficient (Wildman–Crippen LogP) is 4.16. The quantitative estimate of drug-likeness (QED) is 0.520. The first kappa shape index (κ1) is 18.6. The van der Waals surface area contributed by atoms with E-state index in [0.717, 1.165) is 24.3 Å². The van der Waals surface area contributed by atoms with Crippen LogP contribution in [0.25, 0.3) is 0 Å². The van der Waals surface area contributed by atoms with Gasteiger partial charge in [0.25, 0.3) is 0 Å².